The van der Waals surface area contributed by atoms with Gasteiger partial charge in [0.2, 0.25) is 15.9 Å². The van der Waals surface area contributed by atoms with Crippen LogP contribution in [0.15, 0.2) is 53.4 Å². The smallest absolute Gasteiger partial charge is 0.246 e. The molecule has 1 amide bonds. The zero-order chi connectivity index (χ0) is 23.4. The number of rotatable bonds is 6. The predicted molar refractivity (Wildman–Crippen MR) is 123 cm³/mol. The van der Waals surface area contributed by atoms with E-state index in [1.54, 1.807) is 0 Å². The lowest BCUT2D eigenvalue weighted by Crippen LogP contribution is -2.52. The van der Waals surface area contributed by atoms with Crippen molar-refractivity contribution in [3.05, 3.63) is 59.9 Å². The van der Waals surface area contributed by atoms with Gasteiger partial charge in [-0.3, -0.25) is 9.69 Å². The highest BCUT2D eigenvalue weighted by atomic mass is 32.2. The lowest BCUT2D eigenvalue weighted by molar-refractivity contribution is -0.138. The van der Waals surface area contributed by atoms with Gasteiger partial charge in [0.05, 0.1) is 13.0 Å². The van der Waals surface area contributed by atoms with E-state index in [0.29, 0.717) is 32.5 Å². The minimum absolute atomic E-state index is 0.000434. The van der Waals surface area contributed by atoms with E-state index < -0.39 is 21.8 Å². The summed E-state index contributed by atoms with van der Waals surface area (Å²) in [6.45, 7) is 4.10. The van der Waals surface area contributed by atoms with Crippen molar-refractivity contribution in [1.82, 2.24) is 14.1 Å². The Labute approximate surface area is 194 Å². The molecule has 2 saturated heterocycles. The first-order valence-electron chi connectivity index (χ1n) is 11.3. The molecule has 0 radical (unpaired) electrons. The number of piperazine rings is 1. The molecule has 9 heteroatoms. The Balaban J connectivity index is 1.38. The summed E-state index contributed by atoms with van der Waals surface area (Å²) in [5.41, 5.74) is 1.25. The Morgan fingerprint density at radius 1 is 1.06 bits per heavy atom. The topological polar surface area (TPSA) is 70.2 Å². The van der Waals surface area contributed by atoms with Gasteiger partial charge in [0.25, 0.3) is 0 Å². The highest BCUT2D eigenvalue weighted by Gasteiger charge is 2.37. The van der Waals surface area contributed by atoms with Crippen LogP contribution in [-0.2, 0) is 21.4 Å². The number of piperidine rings is 1. The van der Waals surface area contributed by atoms with Gasteiger partial charge >= 0.3 is 0 Å². The number of halogens is 1. The van der Waals surface area contributed by atoms with Crippen LogP contribution in [0.5, 0.6) is 5.75 Å². The highest BCUT2D eigenvalue weighted by Crippen LogP contribution is 2.31. The predicted octanol–water partition coefficient (Wildman–Crippen LogP) is 2.58. The molecule has 33 heavy (non-hydrogen) atoms. The number of methoxy groups -OCH3 is 1. The third-order valence-corrected chi connectivity index (χ3v) is 8.30. The van der Waals surface area contributed by atoms with Crippen molar-refractivity contribution < 1.29 is 22.3 Å². The molecule has 0 aliphatic carbocycles. The van der Waals surface area contributed by atoms with Gasteiger partial charge in [0, 0.05) is 45.8 Å². The fraction of sp³-hybridized carbons (Fsp3) is 0.458. The monoisotopic (exact) mass is 475 g/mol. The Bertz CT molecular complexity index is 1070. The van der Waals surface area contributed by atoms with Crippen LogP contribution in [-0.4, -0.2) is 74.8 Å². The molecular formula is C24H30FN3O4S. The largest absolute Gasteiger partial charge is 0.495 e. The number of benzene rings is 2. The van der Waals surface area contributed by atoms with Crippen molar-refractivity contribution >= 4 is 15.9 Å². The van der Waals surface area contributed by atoms with Crippen LogP contribution in [0.2, 0.25) is 0 Å². The molecule has 0 N–H and O–H groups in total. The first-order valence-corrected chi connectivity index (χ1v) is 12.7. The van der Waals surface area contributed by atoms with Crippen molar-refractivity contribution in [2.75, 3.05) is 46.4 Å². The maximum atomic E-state index is 13.8. The van der Waals surface area contributed by atoms with Crippen LogP contribution in [0.25, 0.3) is 0 Å². The Kier molecular flexibility index (Phi) is 7.31. The molecule has 0 bridgehead atoms. The molecule has 2 aromatic rings. The summed E-state index contributed by atoms with van der Waals surface area (Å²) >= 11 is 0. The van der Waals surface area contributed by atoms with Gasteiger partial charge in [-0.1, -0.05) is 30.3 Å². The number of carbonyl (C=O) groups is 1. The van der Waals surface area contributed by atoms with Gasteiger partial charge in [0.15, 0.2) is 0 Å². The SMILES string of the molecule is COc1ccc(F)cc1S(=O)(=O)N1CCC[C@H](C(=O)N2CCN(Cc3ccccc3)CC2)C1. The summed E-state index contributed by atoms with van der Waals surface area (Å²) in [5, 5.41) is 0. The van der Waals surface area contributed by atoms with E-state index >= 15 is 0 Å². The van der Waals surface area contributed by atoms with Crippen LogP contribution < -0.4 is 4.74 Å². The molecule has 2 heterocycles. The summed E-state index contributed by atoms with van der Waals surface area (Å²) in [6.07, 6.45) is 1.23. The van der Waals surface area contributed by atoms with E-state index in [0.717, 1.165) is 31.8 Å². The molecule has 7 nitrogen and oxygen atoms in total. The second-order valence-electron chi connectivity index (χ2n) is 8.58. The van der Waals surface area contributed by atoms with Crippen molar-refractivity contribution in [3.8, 4) is 5.75 Å². The molecule has 178 valence electrons. The van der Waals surface area contributed by atoms with Gasteiger partial charge in [-0.25, -0.2) is 12.8 Å². The van der Waals surface area contributed by atoms with E-state index in [-0.39, 0.29) is 23.1 Å². The molecule has 0 saturated carbocycles. The molecular weight excluding hydrogens is 445 g/mol. The number of nitrogens with zero attached hydrogens (tertiary/aromatic N) is 3. The van der Waals surface area contributed by atoms with Crippen molar-refractivity contribution in [3.63, 3.8) is 0 Å². The molecule has 2 aliphatic heterocycles. The maximum absolute atomic E-state index is 13.8. The van der Waals surface area contributed by atoms with Crippen LogP contribution in [0.4, 0.5) is 4.39 Å². The van der Waals surface area contributed by atoms with Gasteiger partial charge in [-0.2, -0.15) is 4.31 Å². The zero-order valence-electron chi connectivity index (χ0n) is 18.8. The number of ether oxygens (including phenoxy) is 1. The minimum Gasteiger partial charge on any atom is -0.495 e. The number of sulfonamides is 1. The van der Waals surface area contributed by atoms with E-state index in [4.69, 9.17) is 4.74 Å². The standard InChI is InChI=1S/C24H30FN3O4S/c1-32-22-10-9-21(25)16-23(22)33(30,31)28-11-5-8-20(18-28)24(29)27-14-12-26(13-15-27)17-19-6-3-2-4-7-19/h2-4,6-7,9-10,16,20H,5,8,11-15,17-18H2,1H3/t20-/m0/s1. The fourth-order valence-corrected chi connectivity index (χ4v) is 6.27. The van der Waals surface area contributed by atoms with Crippen molar-refractivity contribution in [2.24, 2.45) is 5.92 Å². The van der Waals surface area contributed by atoms with E-state index in [9.17, 15) is 17.6 Å². The van der Waals surface area contributed by atoms with Crippen LogP contribution in [0.3, 0.4) is 0 Å². The average Bonchev–Trinajstić information content (AvgIpc) is 2.85. The van der Waals surface area contributed by atoms with E-state index in [1.807, 2.05) is 23.1 Å². The third kappa shape index (κ3) is 5.37. The molecule has 0 aromatic heterocycles. The number of hydrogen-bond donors (Lipinski definition) is 0. The van der Waals surface area contributed by atoms with Crippen molar-refractivity contribution in [1.29, 1.82) is 0 Å². The third-order valence-electron chi connectivity index (χ3n) is 6.41. The number of hydrogen-bond acceptors (Lipinski definition) is 5. The molecule has 2 fully saturated rings. The van der Waals surface area contributed by atoms with Crippen LogP contribution in [0.1, 0.15) is 18.4 Å². The first kappa shape index (κ1) is 23.7. The molecule has 2 aromatic carbocycles. The number of carbonyl (C=O) groups excluding carboxylic acids is 1. The summed E-state index contributed by atoms with van der Waals surface area (Å²) < 4.78 is 46.7. The van der Waals surface area contributed by atoms with Gasteiger partial charge < -0.3 is 9.64 Å². The lowest BCUT2D eigenvalue weighted by Gasteiger charge is -2.38. The number of amides is 1. The van der Waals surface area contributed by atoms with Crippen molar-refractivity contribution in [2.45, 2.75) is 24.3 Å². The second kappa shape index (κ2) is 10.2. The van der Waals surface area contributed by atoms with E-state index in [1.165, 1.54) is 23.0 Å². The van der Waals surface area contributed by atoms with Crippen LogP contribution in [0, 0.1) is 11.7 Å². The van der Waals surface area contributed by atoms with Gasteiger partial charge in [-0.05, 0) is 36.6 Å². The van der Waals surface area contributed by atoms with E-state index in [2.05, 4.69) is 17.0 Å². The zero-order valence-corrected chi connectivity index (χ0v) is 19.6. The summed E-state index contributed by atoms with van der Waals surface area (Å²) in [6, 6.07) is 13.7. The Morgan fingerprint density at radius 3 is 2.48 bits per heavy atom. The summed E-state index contributed by atoms with van der Waals surface area (Å²) in [5.74, 6) is -0.944. The molecule has 1 atom stereocenters. The summed E-state index contributed by atoms with van der Waals surface area (Å²) in [4.78, 5) is 17.2. The first-order chi connectivity index (χ1) is 15.9. The quantitative estimate of drug-likeness (QED) is 0.642. The molecule has 4 rings (SSSR count). The van der Waals surface area contributed by atoms with Crippen LogP contribution >= 0.6 is 0 Å². The molecule has 0 unspecified atom stereocenters. The average molecular weight is 476 g/mol. The molecule has 2 aliphatic rings. The maximum Gasteiger partial charge on any atom is 0.246 e. The lowest BCUT2D eigenvalue weighted by atomic mass is 9.97. The highest BCUT2D eigenvalue weighted by molar-refractivity contribution is 7.89. The minimum atomic E-state index is -3.98. The normalized spacial score (nSPS) is 20.5. The summed E-state index contributed by atoms with van der Waals surface area (Å²) in [7, 11) is -2.63. The Hall–Kier alpha value is -2.49. The molecule has 0 spiro atoms. The fourth-order valence-electron chi connectivity index (χ4n) is 4.58. The Morgan fingerprint density at radius 2 is 1.79 bits per heavy atom. The van der Waals surface area contributed by atoms with Gasteiger partial charge in [-0.15, -0.1) is 0 Å². The van der Waals surface area contributed by atoms with Gasteiger partial charge in [0.1, 0.15) is 16.5 Å². The second-order valence-corrected chi connectivity index (χ2v) is 10.5.